The zero-order valence-corrected chi connectivity index (χ0v) is 23.5. The number of allylic oxidation sites excluding steroid dienone is 10. The first-order valence-corrected chi connectivity index (χ1v) is 16.4. The Bertz CT molecular complexity index is 1320. The Hall–Kier alpha value is -1.94. The molecule has 2 unspecified atom stereocenters. The van der Waals surface area contributed by atoms with Crippen LogP contribution in [0.5, 0.6) is 0 Å². The van der Waals surface area contributed by atoms with E-state index < -0.39 is 8.07 Å². The number of hydrogen-bond acceptors (Lipinski definition) is 0. The van der Waals surface area contributed by atoms with E-state index >= 15 is 0 Å². The molecule has 0 nitrogen and oxygen atoms in total. The maximum atomic E-state index is 4.03. The van der Waals surface area contributed by atoms with Gasteiger partial charge in [0.1, 0.15) is 8.07 Å². The van der Waals surface area contributed by atoms with Crippen LogP contribution >= 0.6 is 31.9 Å². The summed E-state index contributed by atoms with van der Waals surface area (Å²) in [6, 6.07) is 17.6. The molecular formula is C30H26Br2Si. The summed E-state index contributed by atoms with van der Waals surface area (Å²) in [7, 11) is -2.00. The summed E-state index contributed by atoms with van der Waals surface area (Å²) in [6.45, 7) is 9.73. The van der Waals surface area contributed by atoms with Gasteiger partial charge in [0.15, 0.2) is 0 Å². The molecule has 2 aromatic carbocycles. The predicted molar refractivity (Wildman–Crippen MR) is 151 cm³/mol. The number of benzene rings is 2. The molecule has 0 saturated carbocycles. The van der Waals surface area contributed by atoms with Gasteiger partial charge in [0.2, 0.25) is 0 Å². The number of rotatable bonds is 2. The average molecular weight is 574 g/mol. The van der Waals surface area contributed by atoms with Crippen LogP contribution in [-0.2, 0) is 0 Å². The van der Waals surface area contributed by atoms with Crippen LogP contribution < -0.4 is 0 Å². The Labute approximate surface area is 214 Å². The maximum Gasteiger partial charge on any atom is 0.114 e. The summed E-state index contributed by atoms with van der Waals surface area (Å²) < 4.78 is 0. The van der Waals surface area contributed by atoms with E-state index in [0.717, 1.165) is 0 Å². The van der Waals surface area contributed by atoms with Gasteiger partial charge in [0.05, 0.1) is 9.65 Å². The molecule has 0 radical (unpaired) electrons. The molecule has 0 aromatic heterocycles. The third-order valence-electron chi connectivity index (χ3n) is 7.63. The van der Waals surface area contributed by atoms with Crippen molar-refractivity contribution in [1.29, 1.82) is 0 Å². The van der Waals surface area contributed by atoms with Gasteiger partial charge in [0, 0.05) is 0 Å². The van der Waals surface area contributed by atoms with E-state index in [0.29, 0.717) is 0 Å². The molecule has 0 bridgehead atoms. The van der Waals surface area contributed by atoms with E-state index in [9.17, 15) is 0 Å². The summed E-state index contributed by atoms with van der Waals surface area (Å²) in [6.07, 6.45) is 9.75. The highest BCUT2D eigenvalue weighted by atomic mass is 79.9. The van der Waals surface area contributed by atoms with Gasteiger partial charge in [-0.25, -0.2) is 0 Å². The van der Waals surface area contributed by atoms with Crippen molar-refractivity contribution in [2.75, 3.05) is 0 Å². The zero-order chi connectivity index (χ0) is 23.1. The van der Waals surface area contributed by atoms with E-state index in [1.807, 2.05) is 0 Å². The Morgan fingerprint density at radius 3 is 1.42 bits per heavy atom. The van der Waals surface area contributed by atoms with Crippen molar-refractivity contribution >= 4 is 52.1 Å². The molecule has 0 fully saturated rings. The SMILES string of the molecule is CC1=C([Si](C)(C)C2=C(C)C=C3C2=Cc2ccccc2C3Br)C2=Cc3ccccc3C(Br)C2=C1. The third kappa shape index (κ3) is 3.05. The molecule has 0 N–H and O–H groups in total. The Morgan fingerprint density at radius 2 is 1.00 bits per heavy atom. The first-order valence-electron chi connectivity index (χ1n) is 11.6. The van der Waals surface area contributed by atoms with Crippen molar-refractivity contribution in [3.8, 4) is 0 Å². The molecular weight excluding hydrogens is 548 g/mol. The molecule has 164 valence electrons. The van der Waals surface area contributed by atoms with Crippen LogP contribution in [0.1, 0.15) is 45.8 Å². The second kappa shape index (κ2) is 7.53. The Kier molecular flexibility index (Phi) is 4.92. The number of hydrogen-bond donors (Lipinski definition) is 0. The summed E-state index contributed by atoms with van der Waals surface area (Å²) in [5, 5.41) is 3.18. The standard InChI is InChI=1S/C30H26Br2Si/c1-17-13-23-25(15-19-9-5-7-11-21(19)27(23)31)29(17)33(3,4)30-18(2)14-24-26(30)16-20-10-6-8-12-22(20)28(24)32/h5-16,27-28H,1-4H3. The fourth-order valence-corrected chi connectivity index (χ4v) is 12.1. The highest BCUT2D eigenvalue weighted by Gasteiger charge is 2.44. The fraction of sp³-hybridized carbons (Fsp3) is 0.200. The van der Waals surface area contributed by atoms with Crippen molar-refractivity contribution in [3.05, 3.63) is 127 Å². The van der Waals surface area contributed by atoms with E-state index in [2.05, 4.69) is 132 Å². The lowest BCUT2D eigenvalue weighted by Crippen LogP contribution is -2.35. The molecule has 2 atom stereocenters. The molecule has 0 spiro atoms. The number of fused-ring (bicyclic) bond motifs is 4. The van der Waals surface area contributed by atoms with Gasteiger partial charge in [-0.15, -0.1) is 0 Å². The smallest absolute Gasteiger partial charge is 0.0786 e. The van der Waals surface area contributed by atoms with E-state index in [4.69, 9.17) is 0 Å². The van der Waals surface area contributed by atoms with Gasteiger partial charge in [-0.1, -0.05) is 117 Å². The van der Waals surface area contributed by atoms with Crippen LogP contribution in [0.4, 0.5) is 0 Å². The fourth-order valence-electron chi connectivity index (χ4n) is 6.39. The first kappa shape index (κ1) is 21.6. The van der Waals surface area contributed by atoms with Crippen molar-refractivity contribution in [2.24, 2.45) is 0 Å². The normalized spacial score (nSPS) is 23.3. The third-order valence-corrected chi connectivity index (χ3v) is 13.4. The second-order valence-electron chi connectivity index (χ2n) is 10.0. The highest BCUT2D eigenvalue weighted by Crippen LogP contribution is 2.56. The lowest BCUT2D eigenvalue weighted by atomic mass is 9.89. The minimum atomic E-state index is -2.00. The van der Waals surface area contributed by atoms with Crippen LogP contribution in [0.25, 0.3) is 12.2 Å². The van der Waals surface area contributed by atoms with Crippen LogP contribution in [-0.4, -0.2) is 8.07 Å². The highest BCUT2D eigenvalue weighted by molar-refractivity contribution is 9.09. The predicted octanol–water partition coefficient (Wildman–Crippen LogP) is 9.35. The van der Waals surface area contributed by atoms with Gasteiger partial charge in [0.25, 0.3) is 0 Å². The van der Waals surface area contributed by atoms with Gasteiger partial charge >= 0.3 is 0 Å². The molecule has 2 aromatic rings. The lowest BCUT2D eigenvalue weighted by molar-refractivity contribution is 1.13. The second-order valence-corrected chi connectivity index (χ2v) is 16.1. The van der Waals surface area contributed by atoms with E-state index in [-0.39, 0.29) is 9.65 Å². The minimum Gasteiger partial charge on any atom is -0.0786 e. The lowest BCUT2D eigenvalue weighted by Gasteiger charge is -2.35. The molecule has 33 heavy (non-hydrogen) atoms. The minimum absolute atomic E-state index is 0.256. The monoisotopic (exact) mass is 572 g/mol. The van der Waals surface area contributed by atoms with Crippen molar-refractivity contribution in [2.45, 2.75) is 36.6 Å². The molecule has 6 rings (SSSR count). The van der Waals surface area contributed by atoms with Crippen molar-refractivity contribution < 1.29 is 0 Å². The van der Waals surface area contributed by atoms with Gasteiger partial charge < -0.3 is 0 Å². The van der Waals surface area contributed by atoms with Gasteiger partial charge in [-0.2, -0.15) is 0 Å². The summed E-state index contributed by atoms with van der Waals surface area (Å²) in [5.74, 6) is 0. The Morgan fingerprint density at radius 1 is 0.606 bits per heavy atom. The van der Waals surface area contributed by atoms with E-state index in [1.54, 1.807) is 10.4 Å². The van der Waals surface area contributed by atoms with Crippen molar-refractivity contribution in [3.63, 3.8) is 0 Å². The summed E-state index contributed by atoms with van der Waals surface area (Å²) >= 11 is 8.06. The molecule has 0 saturated heterocycles. The zero-order valence-electron chi connectivity index (χ0n) is 19.3. The molecule has 0 amide bonds. The summed E-state index contributed by atoms with van der Waals surface area (Å²) in [4.78, 5) is 0.511. The maximum absolute atomic E-state index is 4.03. The van der Waals surface area contributed by atoms with Gasteiger partial charge in [-0.3, -0.25) is 0 Å². The number of halogens is 2. The van der Waals surface area contributed by atoms with Gasteiger partial charge in [-0.05, 0) is 80.9 Å². The molecule has 4 aliphatic carbocycles. The molecule has 0 heterocycles. The van der Waals surface area contributed by atoms with Crippen LogP contribution in [0.3, 0.4) is 0 Å². The molecule has 3 heteroatoms. The van der Waals surface area contributed by atoms with Crippen molar-refractivity contribution in [1.82, 2.24) is 0 Å². The Balaban J connectivity index is 1.50. The van der Waals surface area contributed by atoms with Crippen LogP contribution in [0, 0.1) is 0 Å². The molecule has 0 aliphatic heterocycles. The topological polar surface area (TPSA) is 0 Å². The molecule has 4 aliphatic rings. The number of alkyl halides is 2. The quantitative estimate of drug-likeness (QED) is 0.248. The average Bonchev–Trinajstić information content (AvgIpc) is 3.31. The van der Waals surface area contributed by atoms with E-state index in [1.165, 1.54) is 55.7 Å². The van der Waals surface area contributed by atoms with Crippen LogP contribution in [0.2, 0.25) is 13.1 Å². The summed E-state index contributed by atoms with van der Waals surface area (Å²) in [5.41, 5.74) is 14.0. The van der Waals surface area contributed by atoms with Crippen LogP contribution in [0.15, 0.2) is 105 Å². The first-order chi connectivity index (χ1) is 15.8. The largest absolute Gasteiger partial charge is 0.114 e.